The lowest BCUT2D eigenvalue weighted by Gasteiger charge is -2.24. The van der Waals surface area contributed by atoms with Gasteiger partial charge >= 0.3 is 5.97 Å². The number of amides is 2. The maximum absolute atomic E-state index is 13.4. The predicted octanol–water partition coefficient (Wildman–Crippen LogP) is 1.08. The molecule has 0 aliphatic rings. The second-order valence-corrected chi connectivity index (χ2v) is 5.94. The minimum Gasteiger partial charge on any atom is -0.467 e. The molecule has 1 rings (SSSR count). The standard InChI is InChI=1S/C18H22FN3O4/c1-11(7-8-20)16(18(25)26-3)22-17(24)15(21-12(2)23)10-13-5-4-6-14(19)9-13/h4-6,9,11,15-16H,7,10H2,1-3H3,(H,21,23)(H,22,24)/t11-,15+,16-/m0/s1. The van der Waals surface area contributed by atoms with Crippen LogP contribution >= 0.6 is 0 Å². The minimum absolute atomic E-state index is 0.0365. The summed E-state index contributed by atoms with van der Waals surface area (Å²) in [5.74, 6) is -2.69. The molecule has 140 valence electrons. The van der Waals surface area contributed by atoms with E-state index in [1.807, 2.05) is 6.07 Å². The molecular weight excluding hydrogens is 341 g/mol. The molecule has 2 amide bonds. The van der Waals surface area contributed by atoms with Crippen LogP contribution in [0.2, 0.25) is 0 Å². The van der Waals surface area contributed by atoms with E-state index in [1.165, 1.54) is 32.2 Å². The number of rotatable bonds is 8. The largest absolute Gasteiger partial charge is 0.467 e. The number of esters is 1. The van der Waals surface area contributed by atoms with Gasteiger partial charge in [0, 0.05) is 25.7 Å². The summed E-state index contributed by atoms with van der Waals surface area (Å²) in [6, 6.07) is 5.56. The number of nitriles is 1. The van der Waals surface area contributed by atoms with E-state index in [9.17, 15) is 18.8 Å². The highest BCUT2D eigenvalue weighted by Gasteiger charge is 2.30. The molecule has 7 nitrogen and oxygen atoms in total. The summed E-state index contributed by atoms with van der Waals surface area (Å²) in [7, 11) is 1.18. The Labute approximate surface area is 151 Å². The van der Waals surface area contributed by atoms with Crippen molar-refractivity contribution in [1.29, 1.82) is 5.26 Å². The molecule has 2 N–H and O–H groups in total. The van der Waals surface area contributed by atoms with E-state index in [2.05, 4.69) is 15.4 Å². The van der Waals surface area contributed by atoms with E-state index in [0.717, 1.165) is 0 Å². The van der Waals surface area contributed by atoms with Crippen LogP contribution in [0.1, 0.15) is 25.8 Å². The summed E-state index contributed by atoms with van der Waals surface area (Å²) >= 11 is 0. The molecule has 0 aliphatic carbocycles. The molecule has 1 aromatic carbocycles. The summed E-state index contributed by atoms with van der Waals surface area (Å²) in [6.45, 7) is 2.88. The number of hydrogen-bond acceptors (Lipinski definition) is 5. The van der Waals surface area contributed by atoms with Gasteiger partial charge < -0.3 is 15.4 Å². The molecule has 0 fully saturated rings. The summed E-state index contributed by atoms with van der Waals surface area (Å²) in [4.78, 5) is 36.0. The van der Waals surface area contributed by atoms with Gasteiger partial charge in [-0.3, -0.25) is 9.59 Å². The molecule has 0 unspecified atom stereocenters. The SMILES string of the molecule is COC(=O)[C@@H](NC(=O)[C@@H](Cc1cccc(F)c1)NC(C)=O)[C@@H](C)CC#N. The first-order valence-corrected chi connectivity index (χ1v) is 8.05. The van der Waals surface area contributed by atoms with E-state index in [0.29, 0.717) is 5.56 Å². The fraction of sp³-hybridized carbons (Fsp3) is 0.444. The van der Waals surface area contributed by atoms with Crippen molar-refractivity contribution in [2.45, 2.75) is 38.8 Å². The Hall–Kier alpha value is -2.95. The molecule has 26 heavy (non-hydrogen) atoms. The second kappa shape index (κ2) is 10.1. The average Bonchev–Trinajstić information content (AvgIpc) is 2.58. The Morgan fingerprint density at radius 1 is 1.31 bits per heavy atom. The number of carbonyl (C=O) groups is 3. The number of nitrogens with one attached hydrogen (secondary N) is 2. The monoisotopic (exact) mass is 363 g/mol. The quantitative estimate of drug-likeness (QED) is 0.672. The Kier molecular flexibility index (Phi) is 8.22. The fourth-order valence-corrected chi connectivity index (χ4v) is 2.43. The van der Waals surface area contributed by atoms with Crippen LogP contribution in [-0.2, 0) is 25.5 Å². The normalized spacial score (nSPS) is 13.7. The summed E-state index contributed by atoms with van der Waals surface area (Å²) in [5, 5.41) is 13.8. The molecule has 0 aliphatic heterocycles. The zero-order chi connectivity index (χ0) is 19.7. The molecular formula is C18H22FN3O4. The van der Waals surface area contributed by atoms with Gasteiger partial charge in [-0.25, -0.2) is 9.18 Å². The molecule has 0 saturated carbocycles. The lowest BCUT2D eigenvalue weighted by atomic mass is 9.97. The zero-order valence-electron chi connectivity index (χ0n) is 14.9. The van der Waals surface area contributed by atoms with E-state index in [-0.39, 0.29) is 12.8 Å². The Bertz CT molecular complexity index is 702. The third kappa shape index (κ3) is 6.51. The van der Waals surface area contributed by atoms with Crippen LogP contribution in [0.3, 0.4) is 0 Å². The highest BCUT2D eigenvalue weighted by molar-refractivity contribution is 5.90. The van der Waals surface area contributed by atoms with Crippen LogP contribution in [0.4, 0.5) is 4.39 Å². The molecule has 0 aromatic heterocycles. The van der Waals surface area contributed by atoms with Gasteiger partial charge in [0.2, 0.25) is 11.8 Å². The van der Waals surface area contributed by atoms with Crippen LogP contribution in [0.15, 0.2) is 24.3 Å². The predicted molar refractivity (Wildman–Crippen MR) is 91.0 cm³/mol. The van der Waals surface area contributed by atoms with Crippen molar-refractivity contribution in [3.05, 3.63) is 35.6 Å². The van der Waals surface area contributed by atoms with Gasteiger partial charge in [-0.1, -0.05) is 19.1 Å². The number of ether oxygens (including phenoxy) is 1. The lowest BCUT2D eigenvalue weighted by Crippen LogP contribution is -2.54. The summed E-state index contributed by atoms with van der Waals surface area (Å²) < 4.78 is 18.0. The topological polar surface area (TPSA) is 108 Å². The third-order valence-electron chi connectivity index (χ3n) is 3.76. The van der Waals surface area contributed by atoms with Crippen molar-refractivity contribution in [2.24, 2.45) is 5.92 Å². The highest BCUT2D eigenvalue weighted by Crippen LogP contribution is 2.11. The summed E-state index contributed by atoms with van der Waals surface area (Å²) in [5.41, 5.74) is 0.513. The van der Waals surface area contributed by atoms with Crippen LogP contribution in [0.5, 0.6) is 0 Å². The molecule has 0 saturated heterocycles. The van der Waals surface area contributed by atoms with Crippen LogP contribution < -0.4 is 10.6 Å². The van der Waals surface area contributed by atoms with E-state index < -0.39 is 41.6 Å². The Morgan fingerprint density at radius 2 is 2.00 bits per heavy atom. The highest BCUT2D eigenvalue weighted by atomic mass is 19.1. The first kappa shape index (κ1) is 21.1. The smallest absolute Gasteiger partial charge is 0.328 e. The minimum atomic E-state index is -1.03. The van der Waals surface area contributed by atoms with E-state index in [4.69, 9.17) is 5.26 Å². The van der Waals surface area contributed by atoms with Gasteiger partial charge in [0.05, 0.1) is 13.2 Å². The van der Waals surface area contributed by atoms with Gasteiger partial charge in [0.25, 0.3) is 0 Å². The molecule has 0 radical (unpaired) electrons. The number of nitrogens with zero attached hydrogens (tertiary/aromatic N) is 1. The zero-order valence-corrected chi connectivity index (χ0v) is 14.9. The molecule has 0 heterocycles. The number of benzene rings is 1. The fourth-order valence-electron chi connectivity index (χ4n) is 2.43. The van der Waals surface area contributed by atoms with Gasteiger partial charge in [0.1, 0.15) is 17.9 Å². The first-order valence-electron chi connectivity index (χ1n) is 8.05. The Morgan fingerprint density at radius 3 is 2.54 bits per heavy atom. The van der Waals surface area contributed by atoms with Crippen LogP contribution in [0, 0.1) is 23.1 Å². The maximum Gasteiger partial charge on any atom is 0.328 e. The van der Waals surface area contributed by atoms with Crippen molar-refractivity contribution >= 4 is 17.8 Å². The van der Waals surface area contributed by atoms with Gasteiger partial charge in [-0.15, -0.1) is 0 Å². The molecule has 0 bridgehead atoms. The van der Waals surface area contributed by atoms with Gasteiger partial charge in [0.15, 0.2) is 0 Å². The van der Waals surface area contributed by atoms with Crippen molar-refractivity contribution in [3.8, 4) is 6.07 Å². The van der Waals surface area contributed by atoms with Crippen molar-refractivity contribution in [2.75, 3.05) is 7.11 Å². The summed E-state index contributed by atoms with van der Waals surface area (Å²) in [6.07, 6.45) is 0.0818. The van der Waals surface area contributed by atoms with E-state index in [1.54, 1.807) is 13.0 Å². The molecule has 0 spiro atoms. The van der Waals surface area contributed by atoms with Crippen molar-refractivity contribution < 1.29 is 23.5 Å². The number of halogens is 1. The van der Waals surface area contributed by atoms with Crippen molar-refractivity contribution in [3.63, 3.8) is 0 Å². The molecule has 1 aromatic rings. The number of carbonyl (C=O) groups excluding carboxylic acids is 3. The van der Waals surface area contributed by atoms with Crippen LogP contribution in [-0.4, -0.2) is 37.0 Å². The van der Waals surface area contributed by atoms with Gasteiger partial charge in [-0.05, 0) is 17.7 Å². The average molecular weight is 363 g/mol. The third-order valence-corrected chi connectivity index (χ3v) is 3.76. The van der Waals surface area contributed by atoms with Crippen molar-refractivity contribution in [1.82, 2.24) is 10.6 Å². The molecule has 3 atom stereocenters. The lowest BCUT2D eigenvalue weighted by molar-refractivity contribution is -0.146. The molecule has 8 heteroatoms. The number of hydrogen-bond donors (Lipinski definition) is 2. The first-order chi connectivity index (χ1) is 12.3. The van der Waals surface area contributed by atoms with Gasteiger partial charge in [-0.2, -0.15) is 5.26 Å². The van der Waals surface area contributed by atoms with E-state index >= 15 is 0 Å². The number of methoxy groups -OCH3 is 1. The Balaban J connectivity index is 2.97. The van der Waals surface area contributed by atoms with Crippen LogP contribution in [0.25, 0.3) is 0 Å². The maximum atomic E-state index is 13.4. The second-order valence-electron chi connectivity index (χ2n) is 5.94.